The highest BCUT2D eigenvalue weighted by atomic mass is 32.2. The molecule has 1 aliphatic rings. The van der Waals surface area contributed by atoms with Crippen molar-refractivity contribution in [3.63, 3.8) is 0 Å². The molecule has 1 unspecified atom stereocenters. The van der Waals surface area contributed by atoms with Gasteiger partial charge in [-0.05, 0) is 20.9 Å². The number of aryl methyl sites for hydroxylation is 1. The second-order valence-electron chi connectivity index (χ2n) is 4.06. The molecule has 5 heteroatoms. The van der Waals surface area contributed by atoms with Crippen LogP contribution in [-0.4, -0.2) is 36.6 Å². The van der Waals surface area contributed by atoms with Gasteiger partial charge in [-0.2, -0.15) is 11.8 Å². The highest BCUT2D eigenvalue weighted by molar-refractivity contribution is 7.99. The first kappa shape index (κ1) is 12.2. The molecule has 1 N–H and O–H groups in total. The van der Waals surface area contributed by atoms with E-state index in [1.165, 1.54) is 27.2 Å². The topological polar surface area (TPSA) is 28.2 Å². The molecule has 0 bridgehead atoms. The van der Waals surface area contributed by atoms with Crippen LogP contribution in [0.1, 0.15) is 23.5 Å². The molecular formula is C11H19N3S2. The maximum absolute atomic E-state index is 4.70. The molecule has 0 saturated carbocycles. The minimum Gasteiger partial charge on any atom is -0.346 e. The zero-order valence-corrected chi connectivity index (χ0v) is 11.7. The summed E-state index contributed by atoms with van der Waals surface area (Å²) in [5, 5.41) is 4.49. The number of anilines is 1. The van der Waals surface area contributed by atoms with Crippen LogP contribution in [0.25, 0.3) is 0 Å². The third-order valence-corrected chi connectivity index (χ3v) is 5.27. The molecule has 16 heavy (non-hydrogen) atoms. The number of rotatable bonds is 3. The lowest BCUT2D eigenvalue weighted by Gasteiger charge is -2.25. The van der Waals surface area contributed by atoms with Crippen molar-refractivity contribution in [2.75, 3.05) is 36.5 Å². The Hall–Kier alpha value is -0.260. The fourth-order valence-electron chi connectivity index (χ4n) is 1.82. The summed E-state index contributed by atoms with van der Waals surface area (Å²) in [7, 11) is 2.00. The Morgan fingerprint density at radius 2 is 2.06 bits per heavy atom. The molecule has 0 spiro atoms. The molecule has 90 valence electrons. The Labute approximate surface area is 106 Å². The summed E-state index contributed by atoms with van der Waals surface area (Å²) >= 11 is 3.88. The van der Waals surface area contributed by atoms with Crippen LogP contribution < -0.4 is 10.2 Å². The van der Waals surface area contributed by atoms with Gasteiger partial charge >= 0.3 is 0 Å². The van der Waals surface area contributed by atoms with Crippen molar-refractivity contribution in [3.8, 4) is 0 Å². The van der Waals surface area contributed by atoms with E-state index >= 15 is 0 Å². The van der Waals surface area contributed by atoms with Crippen LogP contribution >= 0.6 is 23.1 Å². The predicted molar refractivity (Wildman–Crippen MR) is 73.9 cm³/mol. The summed E-state index contributed by atoms with van der Waals surface area (Å²) in [6, 6.07) is 0.408. The van der Waals surface area contributed by atoms with E-state index in [0.29, 0.717) is 6.04 Å². The first-order valence-corrected chi connectivity index (χ1v) is 7.66. The maximum Gasteiger partial charge on any atom is 0.185 e. The molecule has 0 amide bonds. The summed E-state index contributed by atoms with van der Waals surface area (Å²) in [6.07, 6.45) is 0. The summed E-state index contributed by atoms with van der Waals surface area (Å²) in [5.74, 6) is 2.46. The Morgan fingerprint density at radius 3 is 2.69 bits per heavy atom. The molecule has 1 fully saturated rings. The number of thiazole rings is 1. The molecule has 1 aromatic rings. The summed E-state index contributed by atoms with van der Waals surface area (Å²) in [4.78, 5) is 8.49. The molecule has 0 aromatic carbocycles. The van der Waals surface area contributed by atoms with E-state index in [2.05, 4.69) is 24.1 Å². The van der Waals surface area contributed by atoms with E-state index < -0.39 is 0 Å². The SMILES string of the molecule is CNC(C)c1sc(N2CCSCC2)nc1C. The number of hydrogen-bond donors (Lipinski definition) is 1. The van der Waals surface area contributed by atoms with Crippen molar-refractivity contribution in [3.05, 3.63) is 10.6 Å². The van der Waals surface area contributed by atoms with Crippen LogP contribution in [0, 0.1) is 6.92 Å². The Bertz CT molecular complexity index is 345. The quantitative estimate of drug-likeness (QED) is 0.899. The highest BCUT2D eigenvalue weighted by Crippen LogP contribution is 2.31. The van der Waals surface area contributed by atoms with E-state index in [1.807, 2.05) is 30.1 Å². The first-order chi connectivity index (χ1) is 7.72. The van der Waals surface area contributed by atoms with E-state index in [0.717, 1.165) is 13.1 Å². The fraction of sp³-hybridized carbons (Fsp3) is 0.727. The van der Waals surface area contributed by atoms with Gasteiger partial charge in [0.2, 0.25) is 0 Å². The van der Waals surface area contributed by atoms with E-state index in [-0.39, 0.29) is 0 Å². The molecule has 0 radical (unpaired) electrons. The van der Waals surface area contributed by atoms with Crippen molar-refractivity contribution in [1.29, 1.82) is 0 Å². The van der Waals surface area contributed by atoms with Gasteiger partial charge in [0, 0.05) is 35.5 Å². The monoisotopic (exact) mass is 257 g/mol. The second-order valence-corrected chi connectivity index (χ2v) is 6.29. The lowest BCUT2D eigenvalue weighted by atomic mass is 10.2. The van der Waals surface area contributed by atoms with Crippen LogP contribution in [0.3, 0.4) is 0 Å². The number of thioether (sulfide) groups is 1. The fourth-order valence-corrected chi connectivity index (χ4v) is 3.90. The summed E-state index contributed by atoms with van der Waals surface area (Å²) in [5.41, 5.74) is 1.18. The van der Waals surface area contributed by atoms with Gasteiger partial charge < -0.3 is 10.2 Å². The van der Waals surface area contributed by atoms with Crippen molar-refractivity contribution in [2.24, 2.45) is 0 Å². The smallest absolute Gasteiger partial charge is 0.185 e. The molecule has 0 aliphatic carbocycles. The van der Waals surface area contributed by atoms with Crippen LogP contribution in [0.5, 0.6) is 0 Å². The van der Waals surface area contributed by atoms with Gasteiger partial charge in [0.1, 0.15) is 0 Å². The minimum atomic E-state index is 0.408. The third-order valence-electron chi connectivity index (χ3n) is 2.93. The second kappa shape index (κ2) is 5.38. The van der Waals surface area contributed by atoms with Gasteiger partial charge in [-0.3, -0.25) is 0 Å². The minimum absolute atomic E-state index is 0.408. The molecule has 3 nitrogen and oxygen atoms in total. The average molecular weight is 257 g/mol. The van der Waals surface area contributed by atoms with Gasteiger partial charge in [-0.1, -0.05) is 0 Å². The molecule has 2 rings (SSSR count). The van der Waals surface area contributed by atoms with Gasteiger partial charge in [-0.15, -0.1) is 11.3 Å². The van der Waals surface area contributed by atoms with E-state index in [1.54, 1.807) is 0 Å². The lowest BCUT2D eigenvalue weighted by molar-refractivity contribution is 0.658. The molecular weight excluding hydrogens is 238 g/mol. The van der Waals surface area contributed by atoms with E-state index in [9.17, 15) is 0 Å². The normalized spacial score (nSPS) is 18.8. The number of nitrogens with zero attached hydrogens (tertiary/aromatic N) is 2. The zero-order valence-electron chi connectivity index (χ0n) is 10.1. The maximum atomic E-state index is 4.70. The number of nitrogens with one attached hydrogen (secondary N) is 1. The van der Waals surface area contributed by atoms with Gasteiger partial charge in [0.25, 0.3) is 0 Å². The van der Waals surface area contributed by atoms with Crippen molar-refractivity contribution in [2.45, 2.75) is 19.9 Å². The highest BCUT2D eigenvalue weighted by Gasteiger charge is 2.18. The number of aromatic nitrogens is 1. The van der Waals surface area contributed by atoms with Crippen LogP contribution in [0.2, 0.25) is 0 Å². The molecule has 1 saturated heterocycles. The Kier molecular flexibility index (Phi) is 4.10. The van der Waals surface area contributed by atoms with E-state index in [4.69, 9.17) is 4.98 Å². The van der Waals surface area contributed by atoms with Gasteiger partial charge in [0.05, 0.1) is 5.69 Å². The largest absolute Gasteiger partial charge is 0.346 e. The molecule has 1 atom stereocenters. The van der Waals surface area contributed by atoms with Crippen LogP contribution in [0.15, 0.2) is 0 Å². The third kappa shape index (κ3) is 2.52. The Morgan fingerprint density at radius 1 is 1.38 bits per heavy atom. The van der Waals surface area contributed by atoms with Gasteiger partial charge in [-0.25, -0.2) is 4.98 Å². The average Bonchev–Trinajstić information content (AvgIpc) is 2.71. The van der Waals surface area contributed by atoms with Crippen molar-refractivity contribution >= 4 is 28.2 Å². The Balaban J connectivity index is 2.16. The summed E-state index contributed by atoms with van der Waals surface area (Å²) in [6.45, 7) is 6.59. The van der Waals surface area contributed by atoms with Crippen LogP contribution in [0.4, 0.5) is 5.13 Å². The molecule has 2 heterocycles. The zero-order chi connectivity index (χ0) is 11.5. The lowest BCUT2D eigenvalue weighted by Crippen LogP contribution is -2.32. The first-order valence-electron chi connectivity index (χ1n) is 5.69. The summed E-state index contributed by atoms with van der Waals surface area (Å²) < 4.78 is 0. The van der Waals surface area contributed by atoms with Gasteiger partial charge in [0.15, 0.2) is 5.13 Å². The number of hydrogen-bond acceptors (Lipinski definition) is 5. The standard InChI is InChI=1S/C11H19N3S2/c1-8(12-3)10-9(2)13-11(16-10)14-4-6-15-7-5-14/h8,12H,4-7H2,1-3H3. The van der Waals surface area contributed by atoms with Crippen molar-refractivity contribution in [1.82, 2.24) is 10.3 Å². The van der Waals surface area contributed by atoms with Crippen molar-refractivity contribution < 1.29 is 0 Å². The molecule has 1 aromatic heterocycles. The van der Waals surface area contributed by atoms with Crippen LogP contribution in [-0.2, 0) is 0 Å². The predicted octanol–water partition coefficient (Wildman–Crippen LogP) is 2.29. The molecule has 1 aliphatic heterocycles.